The van der Waals surface area contributed by atoms with Crippen molar-refractivity contribution in [1.82, 2.24) is 25.0 Å². The van der Waals surface area contributed by atoms with E-state index in [2.05, 4.69) is 15.2 Å². The monoisotopic (exact) mass is 337 g/mol. The molecule has 8 heteroatoms. The highest BCUT2D eigenvalue weighted by atomic mass is 32.1. The van der Waals surface area contributed by atoms with Gasteiger partial charge >= 0.3 is 6.03 Å². The molecule has 1 spiro atoms. The maximum absolute atomic E-state index is 12.4. The summed E-state index contributed by atoms with van der Waals surface area (Å²) < 4.78 is 0. The molecule has 1 N–H and O–H groups in total. The van der Waals surface area contributed by atoms with Crippen molar-refractivity contribution in [2.75, 3.05) is 46.8 Å². The molecule has 126 valence electrons. The SMILES string of the molecule is CN(C)C(=O)N1CCN(Cc2nccs2)C[C@@]2(CNC(=O)C2)C1. The lowest BCUT2D eigenvalue weighted by atomic mass is 9.86. The highest BCUT2D eigenvalue weighted by Crippen LogP contribution is 2.31. The molecule has 0 radical (unpaired) electrons. The number of nitrogens with one attached hydrogen (secondary N) is 1. The van der Waals surface area contributed by atoms with Crippen molar-refractivity contribution in [1.29, 1.82) is 0 Å². The first-order valence-electron chi connectivity index (χ1n) is 7.81. The van der Waals surface area contributed by atoms with Crippen LogP contribution >= 0.6 is 11.3 Å². The van der Waals surface area contributed by atoms with E-state index in [0.717, 1.165) is 24.6 Å². The number of carbonyl (C=O) groups excluding carboxylic acids is 2. The zero-order chi connectivity index (χ0) is 16.4. The fraction of sp³-hybridized carbons (Fsp3) is 0.667. The van der Waals surface area contributed by atoms with Crippen molar-refractivity contribution in [3.63, 3.8) is 0 Å². The van der Waals surface area contributed by atoms with Crippen LogP contribution in [-0.2, 0) is 11.3 Å². The number of carbonyl (C=O) groups is 2. The van der Waals surface area contributed by atoms with E-state index >= 15 is 0 Å². The van der Waals surface area contributed by atoms with Gasteiger partial charge in [0.25, 0.3) is 0 Å². The number of urea groups is 1. The second-order valence-corrected chi connectivity index (χ2v) is 7.67. The van der Waals surface area contributed by atoms with E-state index < -0.39 is 0 Å². The Labute approximate surface area is 140 Å². The van der Waals surface area contributed by atoms with Gasteiger partial charge in [-0.3, -0.25) is 9.69 Å². The Bertz CT molecular complexity index is 576. The standard InChI is InChI=1S/C15H23N5O2S/c1-18(2)14(22)20-5-4-19(8-13-16-3-6-23-13)10-15(11-20)7-12(21)17-9-15/h3,6H,4-5,7-11H2,1-2H3,(H,17,21)/t15-/m1/s1. The van der Waals surface area contributed by atoms with Gasteiger partial charge in [0.1, 0.15) is 5.01 Å². The fourth-order valence-corrected chi connectivity index (χ4v) is 4.09. The number of thiazole rings is 1. The predicted molar refractivity (Wildman–Crippen MR) is 88.1 cm³/mol. The molecule has 0 aromatic carbocycles. The summed E-state index contributed by atoms with van der Waals surface area (Å²) in [5.74, 6) is 0.0818. The zero-order valence-electron chi connectivity index (χ0n) is 13.6. The van der Waals surface area contributed by atoms with Crippen molar-refractivity contribution < 1.29 is 9.59 Å². The van der Waals surface area contributed by atoms with Crippen LogP contribution < -0.4 is 5.32 Å². The van der Waals surface area contributed by atoms with Gasteiger partial charge in [0.05, 0.1) is 6.54 Å². The summed E-state index contributed by atoms with van der Waals surface area (Å²) in [6.45, 7) is 4.32. The molecule has 2 aliphatic heterocycles. The Morgan fingerprint density at radius 3 is 2.87 bits per heavy atom. The van der Waals surface area contributed by atoms with Crippen LogP contribution in [0.1, 0.15) is 11.4 Å². The maximum Gasteiger partial charge on any atom is 0.319 e. The van der Waals surface area contributed by atoms with Gasteiger partial charge in [-0.1, -0.05) is 0 Å². The largest absolute Gasteiger partial charge is 0.355 e. The Hall–Kier alpha value is -1.67. The van der Waals surface area contributed by atoms with Gasteiger partial charge in [0.15, 0.2) is 0 Å². The second-order valence-electron chi connectivity index (χ2n) is 6.69. The molecule has 1 aromatic heterocycles. The van der Waals surface area contributed by atoms with Crippen LogP contribution in [-0.4, -0.2) is 78.4 Å². The molecule has 2 saturated heterocycles. The highest BCUT2D eigenvalue weighted by molar-refractivity contribution is 7.09. The molecule has 1 atom stereocenters. The van der Waals surface area contributed by atoms with Gasteiger partial charge in [0, 0.05) is 70.2 Å². The average molecular weight is 337 g/mol. The first-order chi connectivity index (χ1) is 11.0. The van der Waals surface area contributed by atoms with Crippen molar-refractivity contribution >= 4 is 23.3 Å². The summed E-state index contributed by atoms with van der Waals surface area (Å²) in [7, 11) is 3.54. The second kappa shape index (κ2) is 6.45. The van der Waals surface area contributed by atoms with Gasteiger partial charge in [-0.15, -0.1) is 11.3 Å². The lowest BCUT2D eigenvalue weighted by Gasteiger charge is -2.33. The summed E-state index contributed by atoms with van der Waals surface area (Å²) >= 11 is 1.64. The average Bonchev–Trinajstić information content (AvgIpc) is 3.08. The molecule has 0 bridgehead atoms. The minimum Gasteiger partial charge on any atom is -0.355 e. The summed E-state index contributed by atoms with van der Waals surface area (Å²) in [6, 6.07) is 0.0137. The zero-order valence-corrected chi connectivity index (χ0v) is 14.4. The molecule has 2 aliphatic rings. The van der Waals surface area contributed by atoms with Gasteiger partial charge in [-0.05, 0) is 0 Å². The van der Waals surface area contributed by atoms with Crippen LogP contribution in [0.3, 0.4) is 0 Å². The third-order valence-electron chi connectivity index (χ3n) is 4.46. The van der Waals surface area contributed by atoms with E-state index in [-0.39, 0.29) is 17.4 Å². The molecule has 3 amide bonds. The molecule has 0 unspecified atom stereocenters. The molecule has 0 saturated carbocycles. The topological polar surface area (TPSA) is 68.8 Å². The predicted octanol–water partition coefficient (Wildman–Crippen LogP) is 0.449. The van der Waals surface area contributed by atoms with Crippen molar-refractivity contribution in [2.24, 2.45) is 5.41 Å². The molecule has 0 aliphatic carbocycles. The molecule has 7 nitrogen and oxygen atoms in total. The molecular weight excluding hydrogens is 314 g/mol. The van der Waals surface area contributed by atoms with Crippen molar-refractivity contribution in [2.45, 2.75) is 13.0 Å². The van der Waals surface area contributed by atoms with Crippen LogP contribution in [0.15, 0.2) is 11.6 Å². The molecular formula is C15H23N5O2S. The fourth-order valence-electron chi connectivity index (χ4n) is 3.43. The number of hydrogen-bond acceptors (Lipinski definition) is 5. The Morgan fingerprint density at radius 2 is 2.26 bits per heavy atom. The van der Waals surface area contributed by atoms with E-state index in [4.69, 9.17) is 0 Å². The summed E-state index contributed by atoms with van der Waals surface area (Å²) in [6.07, 6.45) is 2.30. The van der Waals surface area contributed by atoms with Gasteiger partial charge in [-0.2, -0.15) is 0 Å². The summed E-state index contributed by atoms with van der Waals surface area (Å²) in [5, 5.41) is 6.00. The van der Waals surface area contributed by atoms with Crippen LogP contribution in [0.2, 0.25) is 0 Å². The first-order valence-corrected chi connectivity index (χ1v) is 8.69. The van der Waals surface area contributed by atoms with Gasteiger partial charge in [-0.25, -0.2) is 9.78 Å². The Kier molecular flexibility index (Phi) is 4.54. The van der Waals surface area contributed by atoms with Crippen LogP contribution in [0.4, 0.5) is 4.79 Å². The number of rotatable bonds is 2. The summed E-state index contributed by atoms with van der Waals surface area (Å²) in [4.78, 5) is 34.4. The van der Waals surface area contributed by atoms with Crippen molar-refractivity contribution in [3.05, 3.63) is 16.6 Å². The van der Waals surface area contributed by atoms with E-state index in [0.29, 0.717) is 26.1 Å². The number of nitrogens with zero attached hydrogens (tertiary/aromatic N) is 4. The Balaban J connectivity index is 1.78. The molecule has 3 heterocycles. The van der Waals surface area contributed by atoms with Crippen LogP contribution in [0.5, 0.6) is 0 Å². The normalized spacial score (nSPS) is 25.5. The lowest BCUT2D eigenvalue weighted by Crippen LogP contribution is -2.47. The first kappa shape index (κ1) is 16.2. The molecule has 23 heavy (non-hydrogen) atoms. The number of hydrogen-bond donors (Lipinski definition) is 1. The van der Waals surface area contributed by atoms with Gasteiger partial charge in [0.2, 0.25) is 5.91 Å². The molecule has 1 aromatic rings. The minimum atomic E-state index is -0.198. The van der Waals surface area contributed by atoms with E-state index in [9.17, 15) is 9.59 Å². The summed E-state index contributed by atoms with van der Waals surface area (Å²) in [5.41, 5.74) is -0.198. The smallest absolute Gasteiger partial charge is 0.319 e. The number of amides is 3. The number of aromatic nitrogens is 1. The highest BCUT2D eigenvalue weighted by Gasteiger charge is 2.44. The quantitative estimate of drug-likeness (QED) is 0.851. The van der Waals surface area contributed by atoms with E-state index in [1.165, 1.54) is 0 Å². The van der Waals surface area contributed by atoms with Crippen LogP contribution in [0.25, 0.3) is 0 Å². The molecule has 3 rings (SSSR count). The lowest BCUT2D eigenvalue weighted by molar-refractivity contribution is -0.119. The van der Waals surface area contributed by atoms with Crippen molar-refractivity contribution in [3.8, 4) is 0 Å². The third kappa shape index (κ3) is 3.64. The van der Waals surface area contributed by atoms with E-state index in [1.54, 1.807) is 30.3 Å². The van der Waals surface area contributed by atoms with Gasteiger partial charge < -0.3 is 15.1 Å². The minimum absolute atomic E-state index is 0.0137. The molecule has 2 fully saturated rings. The Morgan fingerprint density at radius 1 is 1.43 bits per heavy atom. The third-order valence-corrected chi connectivity index (χ3v) is 5.23. The van der Waals surface area contributed by atoms with E-state index in [1.807, 2.05) is 16.5 Å². The maximum atomic E-state index is 12.4. The van der Waals surface area contributed by atoms with Crippen LogP contribution in [0, 0.1) is 5.41 Å².